The summed E-state index contributed by atoms with van der Waals surface area (Å²) in [5.41, 5.74) is 6.72. The lowest BCUT2D eigenvalue weighted by atomic mass is 10.2. The minimum atomic E-state index is -0.970. The highest BCUT2D eigenvalue weighted by atomic mass is 16.5. The van der Waals surface area contributed by atoms with Crippen molar-refractivity contribution in [2.45, 2.75) is 6.10 Å². The van der Waals surface area contributed by atoms with E-state index in [0.29, 0.717) is 17.1 Å². The van der Waals surface area contributed by atoms with Crippen molar-refractivity contribution < 1.29 is 19.7 Å². The third-order valence-electron chi connectivity index (χ3n) is 2.53. The molecule has 1 heterocycles. The van der Waals surface area contributed by atoms with Crippen LogP contribution in [0.25, 0.3) is 0 Å². The number of anilines is 2. The van der Waals surface area contributed by atoms with E-state index in [0.717, 1.165) is 0 Å². The Bertz CT molecular complexity index is 435. The van der Waals surface area contributed by atoms with Gasteiger partial charge in [0.2, 0.25) is 0 Å². The van der Waals surface area contributed by atoms with Crippen molar-refractivity contribution in [3.63, 3.8) is 0 Å². The maximum Gasteiger partial charge on any atom is 0.265 e. The largest absolute Gasteiger partial charge is 0.481 e. The summed E-state index contributed by atoms with van der Waals surface area (Å²) < 4.78 is 5.25. The molecule has 0 bridgehead atoms. The van der Waals surface area contributed by atoms with Gasteiger partial charge < -0.3 is 25.6 Å². The fourth-order valence-electron chi connectivity index (χ4n) is 1.69. The molecule has 0 radical (unpaired) electrons. The van der Waals surface area contributed by atoms with Gasteiger partial charge in [-0.3, -0.25) is 4.79 Å². The normalized spacial score (nSPS) is 16.4. The number of β-amino-alcohol motifs (C(OH)–C–C–N with tert-alkyl or cyclic N) is 1. The zero-order chi connectivity index (χ0) is 12.4. The molecule has 92 valence electrons. The number of nitrogens with two attached hydrogens (primary N) is 1. The number of hydrogen-bond acceptors (Lipinski definition) is 5. The first-order chi connectivity index (χ1) is 8.11. The number of nitrogens with zero attached hydrogens (tertiary/aromatic N) is 1. The molecule has 0 saturated heterocycles. The number of carbonyl (C=O) groups excluding carboxylic acids is 1. The summed E-state index contributed by atoms with van der Waals surface area (Å²) in [5, 5.41) is 18.2. The molecule has 1 aliphatic heterocycles. The standard InChI is InChI=1S/C11H14N2O4/c12-7-1-2-9-10(3-7)17-6-11(16)13(9)4-8(15)5-14/h1-3,8,14-15H,4-6,12H2. The minimum absolute atomic E-state index is 0.0373. The number of nitrogen functional groups attached to an aromatic ring is 1. The maximum absolute atomic E-state index is 11.7. The van der Waals surface area contributed by atoms with E-state index in [1.54, 1.807) is 18.2 Å². The predicted octanol–water partition coefficient (Wildman–Crippen LogP) is -0.653. The van der Waals surface area contributed by atoms with Crippen LogP contribution in [0.3, 0.4) is 0 Å². The minimum Gasteiger partial charge on any atom is -0.481 e. The van der Waals surface area contributed by atoms with Crippen molar-refractivity contribution in [2.75, 3.05) is 30.4 Å². The number of rotatable bonds is 3. The molecule has 0 saturated carbocycles. The Morgan fingerprint density at radius 2 is 2.29 bits per heavy atom. The molecule has 6 heteroatoms. The van der Waals surface area contributed by atoms with Gasteiger partial charge in [-0.1, -0.05) is 0 Å². The molecule has 1 aromatic rings. The lowest BCUT2D eigenvalue weighted by molar-refractivity contribution is -0.121. The third kappa shape index (κ3) is 2.32. The van der Waals surface area contributed by atoms with Gasteiger partial charge in [-0.15, -0.1) is 0 Å². The molecule has 0 aliphatic carbocycles. The Hall–Kier alpha value is -1.79. The monoisotopic (exact) mass is 238 g/mol. The molecule has 0 aromatic heterocycles. The molecule has 2 rings (SSSR count). The quantitative estimate of drug-likeness (QED) is 0.608. The van der Waals surface area contributed by atoms with Crippen molar-refractivity contribution in [1.82, 2.24) is 0 Å². The molecule has 1 atom stereocenters. The second-order valence-corrected chi connectivity index (χ2v) is 3.86. The average molecular weight is 238 g/mol. The molecule has 1 amide bonds. The summed E-state index contributed by atoms with van der Waals surface area (Å²) in [6, 6.07) is 4.94. The van der Waals surface area contributed by atoms with Gasteiger partial charge in [0.25, 0.3) is 5.91 Å². The number of hydrogen-bond donors (Lipinski definition) is 3. The lowest BCUT2D eigenvalue weighted by Gasteiger charge is -2.30. The van der Waals surface area contributed by atoms with Gasteiger partial charge in [0.15, 0.2) is 6.61 Å². The molecule has 0 fully saturated rings. The van der Waals surface area contributed by atoms with Crippen LogP contribution in [-0.4, -0.2) is 42.0 Å². The van der Waals surface area contributed by atoms with Crippen molar-refractivity contribution in [1.29, 1.82) is 0 Å². The number of carbonyl (C=O) groups is 1. The molecular formula is C11H14N2O4. The molecule has 6 nitrogen and oxygen atoms in total. The van der Waals surface area contributed by atoms with Gasteiger partial charge in [0.05, 0.1) is 24.9 Å². The second kappa shape index (κ2) is 4.60. The van der Waals surface area contributed by atoms with E-state index in [2.05, 4.69) is 0 Å². The summed E-state index contributed by atoms with van der Waals surface area (Å²) in [7, 11) is 0. The molecule has 1 unspecified atom stereocenters. The van der Waals surface area contributed by atoms with Crippen LogP contribution in [0.4, 0.5) is 11.4 Å². The van der Waals surface area contributed by atoms with E-state index in [9.17, 15) is 9.90 Å². The highest BCUT2D eigenvalue weighted by Gasteiger charge is 2.27. The van der Waals surface area contributed by atoms with Gasteiger partial charge in [0.1, 0.15) is 5.75 Å². The van der Waals surface area contributed by atoms with Crippen molar-refractivity contribution in [3.8, 4) is 5.75 Å². The Labute approximate surface area is 98.2 Å². The van der Waals surface area contributed by atoms with Gasteiger partial charge in [-0.25, -0.2) is 0 Å². The predicted molar refractivity (Wildman–Crippen MR) is 61.8 cm³/mol. The Morgan fingerprint density at radius 1 is 1.53 bits per heavy atom. The Kier molecular flexibility index (Phi) is 3.16. The topological polar surface area (TPSA) is 96.0 Å². The summed E-state index contributed by atoms with van der Waals surface area (Å²) >= 11 is 0. The van der Waals surface area contributed by atoms with Crippen LogP contribution in [0.2, 0.25) is 0 Å². The summed E-state index contributed by atoms with van der Waals surface area (Å²) in [6.45, 7) is -0.445. The van der Waals surface area contributed by atoms with E-state index in [4.69, 9.17) is 15.6 Å². The first-order valence-electron chi connectivity index (χ1n) is 5.23. The van der Waals surface area contributed by atoms with Crippen molar-refractivity contribution in [3.05, 3.63) is 18.2 Å². The highest BCUT2D eigenvalue weighted by molar-refractivity contribution is 5.98. The maximum atomic E-state index is 11.7. The molecule has 1 aromatic carbocycles. The van der Waals surface area contributed by atoms with E-state index >= 15 is 0 Å². The first-order valence-corrected chi connectivity index (χ1v) is 5.23. The summed E-state index contributed by atoms with van der Waals surface area (Å²) in [4.78, 5) is 13.1. The summed E-state index contributed by atoms with van der Waals surface area (Å²) in [5.74, 6) is 0.254. The smallest absolute Gasteiger partial charge is 0.265 e. The molecule has 1 aliphatic rings. The fourth-order valence-corrected chi connectivity index (χ4v) is 1.69. The zero-order valence-corrected chi connectivity index (χ0v) is 9.17. The van der Waals surface area contributed by atoms with Crippen LogP contribution in [0.1, 0.15) is 0 Å². The van der Waals surface area contributed by atoms with Crippen LogP contribution < -0.4 is 15.4 Å². The zero-order valence-electron chi connectivity index (χ0n) is 9.17. The number of benzene rings is 1. The fraction of sp³-hybridized carbons (Fsp3) is 0.364. The van der Waals surface area contributed by atoms with Crippen LogP contribution in [0.15, 0.2) is 18.2 Å². The van der Waals surface area contributed by atoms with Crippen molar-refractivity contribution >= 4 is 17.3 Å². The number of aliphatic hydroxyl groups excluding tert-OH is 2. The van der Waals surface area contributed by atoms with Crippen LogP contribution >= 0.6 is 0 Å². The van der Waals surface area contributed by atoms with Gasteiger partial charge >= 0.3 is 0 Å². The van der Waals surface area contributed by atoms with Crippen molar-refractivity contribution in [2.24, 2.45) is 0 Å². The number of aliphatic hydroxyl groups is 2. The van der Waals surface area contributed by atoms with Gasteiger partial charge in [-0.05, 0) is 12.1 Å². The number of ether oxygens (including phenoxy) is 1. The third-order valence-corrected chi connectivity index (χ3v) is 2.53. The Balaban J connectivity index is 2.30. The number of fused-ring (bicyclic) bond motifs is 1. The van der Waals surface area contributed by atoms with Gasteiger partial charge in [0, 0.05) is 11.8 Å². The van der Waals surface area contributed by atoms with E-state index in [1.165, 1.54) is 4.90 Å². The lowest BCUT2D eigenvalue weighted by Crippen LogP contribution is -2.44. The first kappa shape index (κ1) is 11.7. The molecule has 4 N–H and O–H groups in total. The van der Waals surface area contributed by atoms with Crippen LogP contribution in [0, 0.1) is 0 Å². The number of amides is 1. The van der Waals surface area contributed by atoms with Gasteiger partial charge in [-0.2, -0.15) is 0 Å². The summed E-state index contributed by atoms with van der Waals surface area (Å²) in [6.07, 6.45) is -0.970. The van der Waals surface area contributed by atoms with Crippen LogP contribution in [0.5, 0.6) is 5.75 Å². The Morgan fingerprint density at radius 3 is 3.00 bits per heavy atom. The van der Waals surface area contributed by atoms with E-state index in [-0.39, 0.29) is 19.1 Å². The molecule has 17 heavy (non-hydrogen) atoms. The SMILES string of the molecule is Nc1ccc2c(c1)OCC(=O)N2CC(O)CO. The molecule has 0 spiro atoms. The average Bonchev–Trinajstić information content (AvgIpc) is 2.32. The van der Waals surface area contributed by atoms with E-state index in [1.807, 2.05) is 0 Å². The highest BCUT2D eigenvalue weighted by Crippen LogP contribution is 2.33. The second-order valence-electron chi connectivity index (χ2n) is 3.86. The molecular weight excluding hydrogens is 224 g/mol. The van der Waals surface area contributed by atoms with E-state index < -0.39 is 12.7 Å². The van der Waals surface area contributed by atoms with Crippen LogP contribution in [-0.2, 0) is 4.79 Å².